The molecular weight excluding hydrogens is 332 g/mol. The first-order valence-electron chi connectivity index (χ1n) is 8.79. The van der Waals surface area contributed by atoms with E-state index < -0.39 is 0 Å². The minimum absolute atomic E-state index is 0.138. The molecular formula is C20H26N2O4. The summed E-state index contributed by atoms with van der Waals surface area (Å²) in [5.41, 5.74) is 1.49. The minimum atomic E-state index is -0.140. The standard InChI is InChI=1S/C20H26N2O4/c1-3-24-13-14-26-19-8-6-5-7-18(19)21-15-20(23)22-16-9-11-17(12-10-16)25-4-2/h5-12,21H,3-4,13-15H2,1-2H3,(H,22,23). The highest BCUT2D eigenvalue weighted by molar-refractivity contribution is 5.94. The van der Waals surface area contributed by atoms with Gasteiger partial charge in [0.2, 0.25) is 5.91 Å². The van der Waals surface area contributed by atoms with Crippen LogP contribution in [0.3, 0.4) is 0 Å². The number of amides is 1. The molecule has 0 bridgehead atoms. The summed E-state index contributed by atoms with van der Waals surface area (Å²) in [5.74, 6) is 1.33. The van der Waals surface area contributed by atoms with E-state index >= 15 is 0 Å². The van der Waals surface area contributed by atoms with Crippen LogP contribution in [0.2, 0.25) is 0 Å². The van der Waals surface area contributed by atoms with Gasteiger partial charge in [-0.2, -0.15) is 0 Å². The molecule has 6 nitrogen and oxygen atoms in total. The Hall–Kier alpha value is -2.73. The largest absolute Gasteiger partial charge is 0.494 e. The van der Waals surface area contributed by atoms with Crippen LogP contribution in [-0.2, 0) is 9.53 Å². The maximum Gasteiger partial charge on any atom is 0.243 e. The van der Waals surface area contributed by atoms with Gasteiger partial charge >= 0.3 is 0 Å². The van der Waals surface area contributed by atoms with Crippen molar-refractivity contribution in [1.29, 1.82) is 0 Å². The van der Waals surface area contributed by atoms with E-state index in [1.807, 2.05) is 62.4 Å². The number of carbonyl (C=O) groups is 1. The van der Waals surface area contributed by atoms with Gasteiger partial charge in [-0.25, -0.2) is 0 Å². The highest BCUT2D eigenvalue weighted by atomic mass is 16.5. The molecule has 2 aromatic rings. The average molecular weight is 358 g/mol. The van der Waals surface area contributed by atoms with Crippen LogP contribution in [0.5, 0.6) is 11.5 Å². The summed E-state index contributed by atoms with van der Waals surface area (Å²) in [7, 11) is 0. The Balaban J connectivity index is 1.83. The zero-order chi connectivity index (χ0) is 18.6. The lowest BCUT2D eigenvalue weighted by Gasteiger charge is -2.13. The van der Waals surface area contributed by atoms with Gasteiger partial charge in [0.25, 0.3) is 0 Å². The third-order valence-electron chi connectivity index (χ3n) is 3.46. The summed E-state index contributed by atoms with van der Waals surface area (Å²) < 4.78 is 16.3. The number of hydrogen-bond donors (Lipinski definition) is 2. The van der Waals surface area contributed by atoms with Crippen LogP contribution in [-0.4, -0.2) is 38.9 Å². The molecule has 2 aromatic carbocycles. The number of anilines is 2. The molecule has 0 heterocycles. The van der Waals surface area contributed by atoms with Crippen molar-refractivity contribution in [2.24, 2.45) is 0 Å². The van der Waals surface area contributed by atoms with Gasteiger partial charge in [0.05, 0.1) is 25.4 Å². The quantitative estimate of drug-likeness (QED) is 0.601. The molecule has 0 aromatic heterocycles. The lowest BCUT2D eigenvalue weighted by atomic mass is 10.3. The number of ether oxygens (including phenoxy) is 3. The maximum atomic E-state index is 12.1. The van der Waals surface area contributed by atoms with Gasteiger partial charge < -0.3 is 24.8 Å². The SMILES string of the molecule is CCOCCOc1ccccc1NCC(=O)Nc1ccc(OCC)cc1. The predicted molar refractivity (Wildman–Crippen MR) is 103 cm³/mol. The molecule has 0 saturated heterocycles. The van der Waals surface area contributed by atoms with Gasteiger partial charge in [-0.1, -0.05) is 12.1 Å². The molecule has 0 fully saturated rings. The molecule has 1 amide bonds. The van der Waals surface area contributed by atoms with E-state index in [1.165, 1.54) is 0 Å². The fourth-order valence-electron chi connectivity index (χ4n) is 2.28. The summed E-state index contributed by atoms with van der Waals surface area (Å²) in [5, 5.41) is 5.95. The number of nitrogens with one attached hydrogen (secondary N) is 2. The van der Waals surface area contributed by atoms with E-state index in [0.29, 0.717) is 32.2 Å². The smallest absolute Gasteiger partial charge is 0.243 e. The Morgan fingerprint density at radius 2 is 1.69 bits per heavy atom. The molecule has 0 saturated carbocycles. The molecule has 2 N–H and O–H groups in total. The first-order valence-corrected chi connectivity index (χ1v) is 8.79. The van der Waals surface area contributed by atoms with Crippen molar-refractivity contribution in [1.82, 2.24) is 0 Å². The second-order valence-corrected chi connectivity index (χ2v) is 5.40. The van der Waals surface area contributed by atoms with E-state index in [-0.39, 0.29) is 12.5 Å². The molecule has 0 spiro atoms. The van der Waals surface area contributed by atoms with Crippen molar-refractivity contribution in [3.05, 3.63) is 48.5 Å². The van der Waals surface area contributed by atoms with Gasteiger partial charge in [-0.05, 0) is 50.2 Å². The molecule has 140 valence electrons. The summed E-state index contributed by atoms with van der Waals surface area (Å²) in [6, 6.07) is 14.8. The third-order valence-corrected chi connectivity index (χ3v) is 3.46. The van der Waals surface area contributed by atoms with Gasteiger partial charge in [-0.3, -0.25) is 4.79 Å². The highest BCUT2D eigenvalue weighted by Gasteiger charge is 2.06. The lowest BCUT2D eigenvalue weighted by Crippen LogP contribution is -2.22. The topological polar surface area (TPSA) is 68.8 Å². The normalized spacial score (nSPS) is 10.2. The van der Waals surface area contributed by atoms with E-state index in [2.05, 4.69) is 10.6 Å². The van der Waals surface area contributed by atoms with Crippen LogP contribution in [0, 0.1) is 0 Å². The molecule has 2 rings (SSSR count). The second-order valence-electron chi connectivity index (χ2n) is 5.40. The van der Waals surface area contributed by atoms with Crippen molar-refractivity contribution < 1.29 is 19.0 Å². The van der Waals surface area contributed by atoms with Crippen LogP contribution >= 0.6 is 0 Å². The van der Waals surface area contributed by atoms with E-state index in [1.54, 1.807) is 0 Å². The number of para-hydroxylation sites is 2. The molecule has 0 aliphatic heterocycles. The molecule has 0 radical (unpaired) electrons. The Bertz CT molecular complexity index is 674. The Morgan fingerprint density at radius 3 is 2.42 bits per heavy atom. The Labute approximate surface area is 154 Å². The van der Waals surface area contributed by atoms with Crippen molar-refractivity contribution >= 4 is 17.3 Å². The molecule has 6 heteroatoms. The van der Waals surface area contributed by atoms with Crippen LogP contribution in [0.25, 0.3) is 0 Å². The molecule has 0 aliphatic carbocycles. The fourth-order valence-corrected chi connectivity index (χ4v) is 2.28. The second kappa shape index (κ2) is 11.0. The van der Waals surface area contributed by atoms with Crippen molar-refractivity contribution in [3.63, 3.8) is 0 Å². The maximum absolute atomic E-state index is 12.1. The number of hydrogen-bond acceptors (Lipinski definition) is 5. The summed E-state index contributed by atoms with van der Waals surface area (Å²) in [6.07, 6.45) is 0. The van der Waals surface area contributed by atoms with E-state index in [0.717, 1.165) is 17.1 Å². The number of benzene rings is 2. The lowest BCUT2D eigenvalue weighted by molar-refractivity contribution is -0.114. The first kappa shape index (κ1) is 19.6. The summed E-state index contributed by atoms with van der Waals surface area (Å²) >= 11 is 0. The molecule has 0 aliphatic rings. The van der Waals surface area contributed by atoms with Gasteiger partial charge in [0, 0.05) is 12.3 Å². The van der Waals surface area contributed by atoms with E-state index in [9.17, 15) is 4.79 Å². The van der Waals surface area contributed by atoms with Crippen LogP contribution in [0.1, 0.15) is 13.8 Å². The van der Waals surface area contributed by atoms with E-state index in [4.69, 9.17) is 14.2 Å². The third kappa shape index (κ3) is 6.64. The zero-order valence-corrected chi connectivity index (χ0v) is 15.3. The van der Waals surface area contributed by atoms with Crippen LogP contribution in [0.15, 0.2) is 48.5 Å². The highest BCUT2D eigenvalue weighted by Crippen LogP contribution is 2.23. The Kier molecular flexibility index (Phi) is 8.29. The monoisotopic (exact) mass is 358 g/mol. The zero-order valence-electron chi connectivity index (χ0n) is 15.3. The number of rotatable bonds is 11. The molecule has 0 unspecified atom stereocenters. The predicted octanol–water partition coefficient (Wildman–Crippen LogP) is 3.55. The average Bonchev–Trinajstić information content (AvgIpc) is 2.66. The van der Waals surface area contributed by atoms with Crippen molar-refractivity contribution in [2.75, 3.05) is 43.6 Å². The fraction of sp³-hybridized carbons (Fsp3) is 0.350. The van der Waals surface area contributed by atoms with Crippen molar-refractivity contribution in [2.45, 2.75) is 13.8 Å². The summed E-state index contributed by atoms with van der Waals surface area (Å²) in [6.45, 7) is 6.28. The Morgan fingerprint density at radius 1 is 0.923 bits per heavy atom. The van der Waals surface area contributed by atoms with Crippen LogP contribution in [0.4, 0.5) is 11.4 Å². The molecule has 0 atom stereocenters. The van der Waals surface area contributed by atoms with Gasteiger partial charge in [-0.15, -0.1) is 0 Å². The van der Waals surface area contributed by atoms with Crippen LogP contribution < -0.4 is 20.1 Å². The first-order chi connectivity index (χ1) is 12.7. The number of carbonyl (C=O) groups excluding carboxylic acids is 1. The van der Waals surface area contributed by atoms with Crippen molar-refractivity contribution in [3.8, 4) is 11.5 Å². The molecule has 26 heavy (non-hydrogen) atoms. The van der Waals surface area contributed by atoms with Gasteiger partial charge in [0.15, 0.2) is 0 Å². The van der Waals surface area contributed by atoms with Gasteiger partial charge in [0.1, 0.15) is 18.1 Å². The minimum Gasteiger partial charge on any atom is -0.494 e. The summed E-state index contributed by atoms with van der Waals surface area (Å²) in [4.78, 5) is 12.1.